The number of nitro benzene ring substituents is 1. The Balaban J connectivity index is 0.00000450. The summed E-state index contributed by atoms with van der Waals surface area (Å²) in [4.78, 5) is 33.2. The fourth-order valence-corrected chi connectivity index (χ4v) is 3.13. The van der Waals surface area contributed by atoms with Crippen LogP contribution in [0.1, 0.15) is 19.4 Å². The molecule has 0 aliphatic carbocycles. The summed E-state index contributed by atoms with van der Waals surface area (Å²) in [6.45, 7) is 9.69. The Morgan fingerprint density at radius 3 is 2.30 bits per heavy atom. The SMILES string of the molecule is CC(C)CN1CCN(C(=NCc2ccc([N+](=O)[O-])cc2)NCC(=O)N(C)C)CC1.I. The van der Waals surface area contributed by atoms with Crippen LogP contribution < -0.4 is 5.32 Å². The number of rotatable bonds is 7. The lowest BCUT2D eigenvalue weighted by molar-refractivity contribution is -0.384. The van der Waals surface area contributed by atoms with Crippen molar-refractivity contribution >= 4 is 41.5 Å². The molecule has 0 atom stereocenters. The molecule has 30 heavy (non-hydrogen) atoms. The highest BCUT2D eigenvalue weighted by Crippen LogP contribution is 2.13. The van der Waals surface area contributed by atoms with Gasteiger partial charge >= 0.3 is 0 Å². The molecule has 0 unspecified atom stereocenters. The summed E-state index contributed by atoms with van der Waals surface area (Å²) < 4.78 is 0. The van der Waals surface area contributed by atoms with Gasteiger partial charge in [0.25, 0.3) is 5.69 Å². The highest BCUT2D eigenvalue weighted by molar-refractivity contribution is 14.0. The normalized spacial score (nSPS) is 15.0. The second-order valence-electron chi connectivity index (χ2n) is 7.89. The Hall–Kier alpha value is -1.95. The topological polar surface area (TPSA) is 94.3 Å². The summed E-state index contributed by atoms with van der Waals surface area (Å²) in [5.41, 5.74) is 0.946. The van der Waals surface area contributed by atoms with Crippen molar-refractivity contribution in [3.63, 3.8) is 0 Å². The van der Waals surface area contributed by atoms with Gasteiger partial charge < -0.3 is 15.1 Å². The molecule has 10 heteroatoms. The van der Waals surface area contributed by atoms with Gasteiger partial charge in [-0.1, -0.05) is 26.0 Å². The number of nitrogens with one attached hydrogen (secondary N) is 1. The van der Waals surface area contributed by atoms with Gasteiger partial charge in [0.1, 0.15) is 0 Å². The molecule has 0 saturated carbocycles. The number of guanidine groups is 1. The van der Waals surface area contributed by atoms with E-state index in [0.717, 1.165) is 38.3 Å². The van der Waals surface area contributed by atoms with E-state index in [2.05, 4.69) is 34.0 Å². The first-order valence-electron chi connectivity index (χ1n) is 9.95. The van der Waals surface area contributed by atoms with Crippen molar-refractivity contribution in [1.82, 2.24) is 20.0 Å². The van der Waals surface area contributed by atoms with Crippen molar-refractivity contribution in [1.29, 1.82) is 0 Å². The zero-order chi connectivity index (χ0) is 21.4. The molecular weight excluding hydrogens is 499 g/mol. The quantitative estimate of drug-likeness (QED) is 0.190. The number of carbonyl (C=O) groups is 1. The largest absolute Gasteiger partial charge is 0.347 e. The Morgan fingerprint density at radius 2 is 1.80 bits per heavy atom. The summed E-state index contributed by atoms with van der Waals surface area (Å²) >= 11 is 0. The first kappa shape index (κ1) is 26.1. The molecule has 1 fully saturated rings. The Labute approximate surface area is 195 Å². The van der Waals surface area contributed by atoms with Crippen LogP contribution >= 0.6 is 24.0 Å². The van der Waals surface area contributed by atoms with E-state index in [1.165, 1.54) is 12.1 Å². The highest BCUT2D eigenvalue weighted by atomic mass is 127. The molecule has 0 radical (unpaired) electrons. The van der Waals surface area contributed by atoms with Gasteiger partial charge in [-0.3, -0.25) is 19.8 Å². The van der Waals surface area contributed by atoms with Gasteiger partial charge in [0.05, 0.1) is 18.0 Å². The number of likely N-dealkylation sites (N-methyl/N-ethyl adjacent to an activating group) is 1. The van der Waals surface area contributed by atoms with E-state index < -0.39 is 4.92 Å². The molecule has 168 valence electrons. The van der Waals surface area contributed by atoms with Crippen LogP contribution in [0.25, 0.3) is 0 Å². The number of amides is 1. The molecule has 0 spiro atoms. The van der Waals surface area contributed by atoms with Crippen LogP contribution in [0.2, 0.25) is 0 Å². The smallest absolute Gasteiger partial charge is 0.269 e. The second-order valence-corrected chi connectivity index (χ2v) is 7.89. The van der Waals surface area contributed by atoms with Crippen molar-refractivity contribution in [2.24, 2.45) is 10.9 Å². The maximum Gasteiger partial charge on any atom is 0.269 e. The van der Waals surface area contributed by atoms with Gasteiger partial charge in [0.2, 0.25) is 5.91 Å². The Morgan fingerprint density at radius 1 is 1.20 bits per heavy atom. The maximum atomic E-state index is 12.0. The van der Waals surface area contributed by atoms with Crippen LogP contribution in [0.3, 0.4) is 0 Å². The molecule has 1 aromatic carbocycles. The standard InChI is InChI=1S/C20H32N6O3.HI/c1-16(2)15-24-9-11-25(12-10-24)20(22-14-19(27)23(3)4)21-13-17-5-7-18(8-6-17)26(28)29;/h5-8,16H,9-15H2,1-4H3,(H,21,22);1H. The minimum Gasteiger partial charge on any atom is -0.347 e. The van der Waals surface area contributed by atoms with Crippen molar-refractivity contribution in [3.05, 3.63) is 39.9 Å². The summed E-state index contributed by atoms with van der Waals surface area (Å²) in [6.07, 6.45) is 0. The van der Waals surface area contributed by atoms with E-state index in [1.807, 2.05) is 0 Å². The molecule has 1 aliphatic rings. The lowest BCUT2D eigenvalue weighted by Gasteiger charge is -2.37. The number of nitro groups is 1. The highest BCUT2D eigenvalue weighted by Gasteiger charge is 2.21. The van der Waals surface area contributed by atoms with E-state index in [0.29, 0.717) is 18.4 Å². The van der Waals surface area contributed by atoms with Crippen molar-refractivity contribution in [2.75, 3.05) is 53.4 Å². The lowest BCUT2D eigenvalue weighted by atomic mass is 10.2. The Kier molecular flexibility index (Phi) is 11.0. The molecule has 1 aliphatic heterocycles. The number of non-ortho nitro benzene ring substituents is 1. The molecule has 1 heterocycles. The molecular formula is C20H33IN6O3. The fraction of sp³-hybridized carbons (Fsp3) is 0.600. The predicted molar refractivity (Wildman–Crippen MR) is 129 cm³/mol. The first-order chi connectivity index (χ1) is 13.8. The molecule has 1 N–H and O–H groups in total. The van der Waals surface area contributed by atoms with Gasteiger partial charge in [-0.25, -0.2) is 4.99 Å². The number of aliphatic imine (C=N–C) groups is 1. The number of nitrogens with zero attached hydrogens (tertiary/aromatic N) is 5. The number of piperazine rings is 1. The van der Waals surface area contributed by atoms with Crippen LogP contribution in [0, 0.1) is 16.0 Å². The molecule has 9 nitrogen and oxygen atoms in total. The minimum atomic E-state index is -0.413. The summed E-state index contributed by atoms with van der Waals surface area (Å²) in [5, 5.41) is 14.0. The van der Waals surface area contributed by atoms with Gasteiger partial charge in [0.15, 0.2) is 5.96 Å². The zero-order valence-electron chi connectivity index (χ0n) is 18.2. The van der Waals surface area contributed by atoms with E-state index >= 15 is 0 Å². The van der Waals surface area contributed by atoms with E-state index in [4.69, 9.17) is 0 Å². The fourth-order valence-electron chi connectivity index (χ4n) is 3.13. The number of hydrogen-bond acceptors (Lipinski definition) is 5. The van der Waals surface area contributed by atoms with Gasteiger partial charge in [-0.2, -0.15) is 0 Å². The van der Waals surface area contributed by atoms with Crippen LogP contribution in [-0.2, 0) is 11.3 Å². The van der Waals surface area contributed by atoms with Crippen molar-refractivity contribution in [2.45, 2.75) is 20.4 Å². The van der Waals surface area contributed by atoms with E-state index in [-0.39, 0.29) is 42.1 Å². The molecule has 2 rings (SSSR count). The lowest BCUT2D eigenvalue weighted by Crippen LogP contribution is -2.54. The summed E-state index contributed by atoms with van der Waals surface area (Å²) in [6, 6.07) is 6.39. The van der Waals surface area contributed by atoms with Gasteiger partial charge in [0, 0.05) is 59.0 Å². The average molecular weight is 532 g/mol. The van der Waals surface area contributed by atoms with E-state index in [9.17, 15) is 14.9 Å². The molecule has 1 saturated heterocycles. The number of benzene rings is 1. The molecule has 0 bridgehead atoms. The monoisotopic (exact) mass is 532 g/mol. The summed E-state index contributed by atoms with van der Waals surface area (Å²) in [7, 11) is 3.45. The van der Waals surface area contributed by atoms with Crippen molar-refractivity contribution < 1.29 is 9.72 Å². The average Bonchev–Trinajstić information content (AvgIpc) is 2.68. The predicted octanol–water partition coefficient (Wildman–Crippen LogP) is 2.02. The van der Waals surface area contributed by atoms with Crippen molar-refractivity contribution in [3.8, 4) is 0 Å². The Bertz CT molecular complexity index is 716. The molecule has 0 aromatic heterocycles. The third-order valence-electron chi connectivity index (χ3n) is 4.75. The zero-order valence-corrected chi connectivity index (χ0v) is 20.5. The molecule has 1 amide bonds. The third kappa shape index (κ3) is 8.42. The van der Waals surface area contributed by atoms with E-state index in [1.54, 1.807) is 31.1 Å². The van der Waals surface area contributed by atoms with Crippen LogP contribution in [0.4, 0.5) is 5.69 Å². The van der Waals surface area contributed by atoms with Gasteiger partial charge in [-0.15, -0.1) is 24.0 Å². The first-order valence-corrected chi connectivity index (χ1v) is 9.95. The number of hydrogen-bond donors (Lipinski definition) is 1. The van der Waals surface area contributed by atoms with Gasteiger partial charge in [-0.05, 0) is 11.5 Å². The third-order valence-corrected chi connectivity index (χ3v) is 4.75. The maximum absolute atomic E-state index is 12.0. The van der Waals surface area contributed by atoms with Crippen LogP contribution in [0.5, 0.6) is 0 Å². The number of carbonyl (C=O) groups excluding carboxylic acids is 1. The second kappa shape index (κ2) is 12.7. The van der Waals surface area contributed by atoms with Crippen LogP contribution in [-0.4, -0.2) is 84.9 Å². The molecule has 1 aromatic rings. The van der Waals surface area contributed by atoms with Crippen LogP contribution in [0.15, 0.2) is 29.3 Å². The number of halogens is 1. The summed E-state index contributed by atoms with van der Waals surface area (Å²) in [5.74, 6) is 1.31. The minimum absolute atomic E-state index is 0.